The van der Waals surface area contributed by atoms with Gasteiger partial charge in [0.2, 0.25) is 0 Å². The van der Waals surface area contributed by atoms with Gasteiger partial charge in [-0.05, 0) is 25.3 Å². The predicted molar refractivity (Wildman–Crippen MR) is 62.1 cm³/mol. The lowest BCUT2D eigenvalue weighted by atomic mass is 10.1. The van der Waals surface area contributed by atoms with E-state index in [1.807, 2.05) is 0 Å². The van der Waals surface area contributed by atoms with Gasteiger partial charge in [0.05, 0.1) is 0 Å². The van der Waals surface area contributed by atoms with Crippen LogP contribution in [0.15, 0.2) is 25.0 Å². The molecule has 1 heterocycles. The van der Waals surface area contributed by atoms with Crippen LogP contribution in [-0.2, 0) is 9.47 Å². The Morgan fingerprint density at radius 2 is 1.81 bits per heavy atom. The molecule has 4 nitrogen and oxygen atoms in total. The Labute approximate surface area is 96.5 Å². The quantitative estimate of drug-likeness (QED) is 0.409. The first kappa shape index (κ1) is 12.6. The Kier molecular flexibility index (Phi) is 5.46. The summed E-state index contributed by atoms with van der Waals surface area (Å²) in [5, 5.41) is 0. The molecule has 16 heavy (non-hydrogen) atoms. The molecule has 4 heteroatoms. The molecule has 0 bridgehead atoms. The number of carbonyl (C=O) groups excluding carboxylic acids is 1. The van der Waals surface area contributed by atoms with Crippen molar-refractivity contribution in [3.63, 3.8) is 0 Å². The highest BCUT2D eigenvalue weighted by atomic mass is 16.6. The maximum Gasteiger partial charge on any atom is 0.409 e. The van der Waals surface area contributed by atoms with Gasteiger partial charge in [-0.3, -0.25) is 0 Å². The van der Waals surface area contributed by atoms with E-state index in [1.54, 1.807) is 4.90 Å². The number of nitrogens with zero attached hydrogens (tertiary/aromatic N) is 1. The molecule has 0 aromatic carbocycles. The smallest absolute Gasteiger partial charge is 0.409 e. The molecule has 1 aliphatic rings. The summed E-state index contributed by atoms with van der Waals surface area (Å²) in [6.45, 7) is 9.28. The van der Waals surface area contributed by atoms with E-state index in [0.717, 1.165) is 25.9 Å². The second kappa shape index (κ2) is 6.93. The highest BCUT2D eigenvalue weighted by molar-refractivity contribution is 5.67. The molecule has 0 saturated carbocycles. The van der Waals surface area contributed by atoms with Crippen LogP contribution in [0.5, 0.6) is 0 Å². The third-order valence-corrected chi connectivity index (χ3v) is 2.44. The van der Waals surface area contributed by atoms with Crippen molar-refractivity contribution in [2.75, 3.05) is 26.3 Å². The molecule has 0 aromatic rings. The van der Waals surface area contributed by atoms with Gasteiger partial charge < -0.3 is 14.4 Å². The molecule has 0 aromatic heterocycles. The molecule has 0 atom stereocenters. The molecule has 90 valence electrons. The van der Waals surface area contributed by atoms with Crippen LogP contribution in [0.1, 0.15) is 19.3 Å². The highest BCUT2D eigenvalue weighted by Crippen LogP contribution is 2.09. The number of rotatable bonds is 5. The molecular formula is C12H19NO3. The number of amides is 1. The van der Waals surface area contributed by atoms with Crippen molar-refractivity contribution in [3.05, 3.63) is 25.0 Å². The molecule has 1 aliphatic heterocycles. The fourth-order valence-corrected chi connectivity index (χ4v) is 1.53. The van der Waals surface area contributed by atoms with Gasteiger partial charge in [-0.2, -0.15) is 0 Å². The molecule has 0 aliphatic carbocycles. The van der Waals surface area contributed by atoms with Crippen LogP contribution in [-0.4, -0.2) is 37.3 Å². The molecule has 0 unspecified atom stereocenters. The summed E-state index contributed by atoms with van der Waals surface area (Å²) in [6, 6.07) is 0. The largest absolute Gasteiger partial charge is 0.491 e. The van der Waals surface area contributed by atoms with Crippen molar-refractivity contribution < 1.29 is 14.3 Å². The molecule has 1 saturated heterocycles. The standard InChI is InChI=1S/C12H19NO3/c1-3-11(2)15-9-10-16-12(14)13-7-5-4-6-8-13/h3H,1-2,4-10H2. The Bertz CT molecular complexity index is 257. The minimum absolute atomic E-state index is 0.243. The zero-order chi connectivity index (χ0) is 11.8. The van der Waals surface area contributed by atoms with Crippen molar-refractivity contribution in [1.29, 1.82) is 0 Å². The first-order chi connectivity index (χ1) is 7.74. The SMILES string of the molecule is C=CC(=C)OCCOC(=O)N1CCCCC1. The number of ether oxygens (including phenoxy) is 2. The molecular weight excluding hydrogens is 206 g/mol. The molecule has 0 N–H and O–H groups in total. The minimum Gasteiger partial charge on any atom is -0.491 e. The van der Waals surface area contributed by atoms with Gasteiger partial charge in [-0.1, -0.05) is 13.2 Å². The van der Waals surface area contributed by atoms with E-state index >= 15 is 0 Å². The summed E-state index contributed by atoms with van der Waals surface area (Å²) in [4.78, 5) is 13.3. The zero-order valence-corrected chi connectivity index (χ0v) is 9.61. The monoisotopic (exact) mass is 225 g/mol. The van der Waals surface area contributed by atoms with Crippen molar-refractivity contribution in [2.45, 2.75) is 19.3 Å². The lowest BCUT2D eigenvalue weighted by Gasteiger charge is -2.25. The van der Waals surface area contributed by atoms with Gasteiger partial charge in [0.25, 0.3) is 0 Å². The van der Waals surface area contributed by atoms with Crippen LogP contribution in [0.2, 0.25) is 0 Å². The van der Waals surface area contributed by atoms with Gasteiger partial charge >= 0.3 is 6.09 Å². The average Bonchev–Trinajstić information content (AvgIpc) is 2.35. The summed E-state index contributed by atoms with van der Waals surface area (Å²) >= 11 is 0. The molecule has 0 radical (unpaired) electrons. The van der Waals surface area contributed by atoms with Crippen LogP contribution in [0.25, 0.3) is 0 Å². The lowest BCUT2D eigenvalue weighted by Crippen LogP contribution is -2.36. The van der Waals surface area contributed by atoms with E-state index < -0.39 is 0 Å². The summed E-state index contributed by atoms with van der Waals surface area (Å²) in [6.07, 6.45) is 4.61. The fraction of sp³-hybridized carbons (Fsp3) is 0.583. The van der Waals surface area contributed by atoms with Gasteiger partial charge in [0.15, 0.2) is 0 Å². The van der Waals surface area contributed by atoms with Crippen molar-refractivity contribution in [3.8, 4) is 0 Å². The van der Waals surface area contributed by atoms with Crippen molar-refractivity contribution in [2.24, 2.45) is 0 Å². The minimum atomic E-state index is -0.243. The van der Waals surface area contributed by atoms with E-state index in [1.165, 1.54) is 12.5 Å². The number of allylic oxidation sites excluding steroid dienone is 1. The number of piperidine rings is 1. The van der Waals surface area contributed by atoms with Gasteiger partial charge in [-0.25, -0.2) is 4.79 Å². The Hall–Kier alpha value is -1.45. The van der Waals surface area contributed by atoms with E-state index in [2.05, 4.69) is 13.2 Å². The Balaban J connectivity index is 2.09. The third kappa shape index (κ3) is 4.38. The van der Waals surface area contributed by atoms with Crippen molar-refractivity contribution in [1.82, 2.24) is 4.90 Å². The first-order valence-electron chi connectivity index (χ1n) is 5.60. The number of carbonyl (C=O) groups is 1. The van der Waals surface area contributed by atoms with E-state index in [9.17, 15) is 4.79 Å². The lowest BCUT2D eigenvalue weighted by molar-refractivity contribution is 0.0722. The van der Waals surface area contributed by atoms with Crippen LogP contribution in [0.3, 0.4) is 0 Å². The normalized spacial score (nSPS) is 15.4. The first-order valence-corrected chi connectivity index (χ1v) is 5.60. The number of hydrogen-bond donors (Lipinski definition) is 0. The van der Waals surface area contributed by atoms with Crippen LogP contribution in [0, 0.1) is 0 Å². The summed E-state index contributed by atoms with van der Waals surface area (Å²) in [7, 11) is 0. The summed E-state index contributed by atoms with van der Waals surface area (Å²) in [5.41, 5.74) is 0. The highest BCUT2D eigenvalue weighted by Gasteiger charge is 2.17. The summed E-state index contributed by atoms with van der Waals surface area (Å²) < 4.78 is 10.2. The Morgan fingerprint density at radius 1 is 1.19 bits per heavy atom. The van der Waals surface area contributed by atoms with Gasteiger partial charge in [-0.15, -0.1) is 0 Å². The second-order valence-corrected chi connectivity index (χ2v) is 3.68. The predicted octanol–water partition coefficient (Wildman–Crippen LogP) is 2.33. The zero-order valence-electron chi connectivity index (χ0n) is 9.61. The van der Waals surface area contributed by atoms with Crippen LogP contribution in [0.4, 0.5) is 4.79 Å². The maximum atomic E-state index is 11.5. The molecule has 1 amide bonds. The second-order valence-electron chi connectivity index (χ2n) is 3.68. The van der Waals surface area contributed by atoms with Crippen LogP contribution >= 0.6 is 0 Å². The summed E-state index contributed by atoms with van der Waals surface area (Å²) in [5.74, 6) is 0.494. The van der Waals surface area contributed by atoms with Gasteiger partial charge in [0.1, 0.15) is 19.0 Å². The molecule has 0 spiro atoms. The van der Waals surface area contributed by atoms with E-state index in [4.69, 9.17) is 9.47 Å². The number of hydrogen-bond acceptors (Lipinski definition) is 3. The van der Waals surface area contributed by atoms with Crippen LogP contribution < -0.4 is 0 Å². The molecule has 1 fully saturated rings. The molecule has 1 rings (SSSR count). The number of likely N-dealkylation sites (tertiary alicyclic amines) is 1. The maximum absolute atomic E-state index is 11.5. The Morgan fingerprint density at radius 3 is 2.44 bits per heavy atom. The van der Waals surface area contributed by atoms with Gasteiger partial charge in [0, 0.05) is 13.1 Å². The van der Waals surface area contributed by atoms with E-state index in [-0.39, 0.29) is 12.7 Å². The fourth-order valence-electron chi connectivity index (χ4n) is 1.53. The topological polar surface area (TPSA) is 38.8 Å². The average molecular weight is 225 g/mol. The third-order valence-electron chi connectivity index (χ3n) is 2.44. The van der Waals surface area contributed by atoms with E-state index in [0.29, 0.717) is 12.4 Å². The van der Waals surface area contributed by atoms with Crippen molar-refractivity contribution >= 4 is 6.09 Å².